The minimum absolute atomic E-state index is 0.135. The minimum Gasteiger partial charge on any atom is -0.469 e. The summed E-state index contributed by atoms with van der Waals surface area (Å²) >= 11 is 0. The highest BCUT2D eigenvalue weighted by molar-refractivity contribution is 5.94. The molecule has 0 fully saturated rings. The normalized spacial score (nSPS) is 11.8. The van der Waals surface area contributed by atoms with Crippen LogP contribution in [0.15, 0.2) is 43.2 Å². The molecule has 2 aromatic heterocycles. The number of aryl methyl sites for hydroxylation is 1. The van der Waals surface area contributed by atoms with Crippen LogP contribution in [-0.2, 0) is 16.1 Å². The van der Waals surface area contributed by atoms with Crippen LogP contribution in [0, 0.1) is 5.92 Å². The third-order valence-corrected chi connectivity index (χ3v) is 3.70. The SMILES string of the molecule is COC(=O)C(C)CN(CCCn1ccnc1)C(=O)c1cccnc1. The van der Waals surface area contributed by atoms with E-state index in [-0.39, 0.29) is 17.8 Å². The zero-order chi connectivity index (χ0) is 17.4. The van der Waals surface area contributed by atoms with Gasteiger partial charge in [0.15, 0.2) is 0 Å². The third-order valence-electron chi connectivity index (χ3n) is 3.70. The fourth-order valence-electron chi connectivity index (χ4n) is 2.42. The molecule has 7 nitrogen and oxygen atoms in total. The summed E-state index contributed by atoms with van der Waals surface area (Å²) < 4.78 is 6.71. The second-order valence-corrected chi connectivity index (χ2v) is 5.57. The van der Waals surface area contributed by atoms with Crippen molar-refractivity contribution in [2.45, 2.75) is 19.9 Å². The van der Waals surface area contributed by atoms with Gasteiger partial charge in [0.05, 0.1) is 24.9 Å². The Labute approximate surface area is 141 Å². The van der Waals surface area contributed by atoms with Gasteiger partial charge in [0.25, 0.3) is 5.91 Å². The largest absolute Gasteiger partial charge is 0.469 e. The average molecular weight is 330 g/mol. The van der Waals surface area contributed by atoms with Crippen LogP contribution >= 0.6 is 0 Å². The number of carbonyl (C=O) groups excluding carboxylic acids is 2. The monoisotopic (exact) mass is 330 g/mol. The molecule has 0 aliphatic rings. The van der Waals surface area contributed by atoms with Gasteiger partial charge in [0, 0.05) is 44.4 Å². The summed E-state index contributed by atoms with van der Waals surface area (Å²) in [5.41, 5.74) is 0.511. The second-order valence-electron chi connectivity index (χ2n) is 5.57. The number of hydrogen-bond donors (Lipinski definition) is 0. The Bertz CT molecular complexity index is 643. The zero-order valence-electron chi connectivity index (χ0n) is 14.0. The maximum absolute atomic E-state index is 12.7. The number of amides is 1. The van der Waals surface area contributed by atoms with Crippen LogP contribution < -0.4 is 0 Å². The number of methoxy groups -OCH3 is 1. The fraction of sp³-hybridized carbons (Fsp3) is 0.412. The first-order chi connectivity index (χ1) is 11.6. The van der Waals surface area contributed by atoms with Gasteiger partial charge in [-0.2, -0.15) is 0 Å². The Morgan fingerprint density at radius 3 is 2.79 bits per heavy atom. The van der Waals surface area contributed by atoms with Gasteiger partial charge in [0.2, 0.25) is 0 Å². The van der Waals surface area contributed by atoms with Crippen molar-refractivity contribution in [1.82, 2.24) is 19.4 Å². The molecule has 2 rings (SSSR count). The van der Waals surface area contributed by atoms with Crippen LogP contribution in [0.2, 0.25) is 0 Å². The molecule has 0 N–H and O–H groups in total. The van der Waals surface area contributed by atoms with Crippen LogP contribution in [0.1, 0.15) is 23.7 Å². The molecular formula is C17H22N4O3. The van der Waals surface area contributed by atoms with Gasteiger partial charge >= 0.3 is 5.97 Å². The lowest BCUT2D eigenvalue weighted by molar-refractivity contribution is -0.145. The van der Waals surface area contributed by atoms with Gasteiger partial charge in [-0.1, -0.05) is 6.92 Å². The van der Waals surface area contributed by atoms with E-state index in [1.165, 1.54) is 13.3 Å². The van der Waals surface area contributed by atoms with Crippen molar-refractivity contribution < 1.29 is 14.3 Å². The number of rotatable bonds is 8. The first-order valence-corrected chi connectivity index (χ1v) is 7.84. The number of pyridine rings is 1. The van der Waals surface area contributed by atoms with E-state index in [4.69, 9.17) is 4.74 Å². The highest BCUT2D eigenvalue weighted by Gasteiger charge is 2.22. The molecular weight excluding hydrogens is 308 g/mol. The molecule has 24 heavy (non-hydrogen) atoms. The van der Waals surface area contributed by atoms with E-state index in [0.717, 1.165) is 13.0 Å². The maximum atomic E-state index is 12.7. The number of hydrogen-bond acceptors (Lipinski definition) is 5. The van der Waals surface area contributed by atoms with Gasteiger partial charge in [-0.3, -0.25) is 14.6 Å². The van der Waals surface area contributed by atoms with E-state index in [1.54, 1.807) is 42.7 Å². The van der Waals surface area contributed by atoms with Crippen molar-refractivity contribution in [3.05, 3.63) is 48.8 Å². The molecule has 1 atom stereocenters. The number of esters is 1. The highest BCUT2D eigenvalue weighted by atomic mass is 16.5. The lowest BCUT2D eigenvalue weighted by atomic mass is 10.1. The van der Waals surface area contributed by atoms with Gasteiger partial charge < -0.3 is 14.2 Å². The predicted octanol–water partition coefficient (Wildman–Crippen LogP) is 1.62. The third kappa shape index (κ3) is 4.91. The number of nitrogens with zero attached hydrogens (tertiary/aromatic N) is 4. The summed E-state index contributed by atoms with van der Waals surface area (Å²) in [5, 5.41) is 0. The molecule has 128 valence electrons. The van der Waals surface area contributed by atoms with Crippen molar-refractivity contribution in [1.29, 1.82) is 0 Å². The highest BCUT2D eigenvalue weighted by Crippen LogP contribution is 2.09. The number of imidazole rings is 1. The predicted molar refractivity (Wildman–Crippen MR) is 88.2 cm³/mol. The van der Waals surface area contributed by atoms with Crippen LogP contribution in [-0.4, -0.2) is 51.5 Å². The van der Waals surface area contributed by atoms with E-state index in [1.807, 2.05) is 10.8 Å². The van der Waals surface area contributed by atoms with Crippen LogP contribution in [0.25, 0.3) is 0 Å². The topological polar surface area (TPSA) is 77.3 Å². The molecule has 7 heteroatoms. The molecule has 0 aliphatic carbocycles. The summed E-state index contributed by atoms with van der Waals surface area (Å²) in [4.78, 5) is 34.0. The smallest absolute Gasteiger partial charge is 0.310 e. The number of ether oxygens (including phenoxy) is 1. The molecule has 2 heterocycles. The Morgan fingerprint density at radius 2 is 2.17 bits per heavy atom. The Morgan fingerprint density at radius 1 is 1.33 bits per heavy atom. The van der Waals surface area contributed by atoms with E-state index in [9.17, 15) is 9.59 Å². The molecule has 0 radical (unpaired) electrons. The van der Waals surface area contributed by atoms with E-state index < -0.39 is 0 Å². The Kier molecular flexibility index (Phi) is 6.48. The summed E-state index contributed by atoms with van der Waals surface area (Å²) in [7, 11) is 1.35. The second kappa shape index (κ2) is 8.81. The van der Waals surface area contributed by atoms with Crippen LogP contribution in [0.3, 0.4) is 0 Å². The molecule has 0 saturated carbocycles. The van der Waals surface area contributed by atoms with Crippen molar-refractivity contribution in [3.63, 3.8) is 0 Å². The van der Waals surface area contributed by atoms with Gasteiger partial charge in [-0.15, -0.1) is 0 Å². The van der Waals surface area contributed by atoms with Crippen molar-refractivity contribution in [3.8, 4) is 0 Å². The average Bonchev–Trinajstić information content (AvgIpc) is 3.13. The molecule has 1 unspecified atom stereocenters. The Hall–Kier alpha value is -2.70. The van der Waals surface area contributed by atoms with Crippen molar-refractivity contribution in [2.24, 2.45) is 5.92 Å². The lowest BCUT2D eigenvalue weighted by Crippen LogP contribution is -2.38. The van der Waals surface area contributed by atoms with Crippen molar-refractivity contribution in [2.75, 3.05) is 20.2 Å². The molecule has 1 amide bonds. The Balaban J connectivity index is 2.02. The summed E-state index contributed by atoms with van der Waals surface area (Å²) in [6.45, 7) is 3.35. The number of aromatic nitrogens is 3. The molecule has 0 aromatic carbocycles. The van der Waals surface area contributed by atoms with E-state index in [2.05, 4.69) is 9.97 Å². The van der Waals surface area contributed by atoms with Gasteiger partial charge in [-0.25, -0.2) is 4.98 Å². The quantitative estimate of drug-likeness (QED) is 0.687. The first-order valence-electron chi connectivity index (χ1n) is 7.84. The van der Waals surface area contributed by atoms with Crippen molar-refractivity contribution >= 4 is 11.9 Å². The van der Waals surface area contributed by atoms with E-state index in [0.29, 0.717) is 18.7 Å². The standard InChI is InChI=1S/C17H22N4O3/c1-14(17(23)24-2)12-21(9-4-8-20-10-7-19-13-20)16(22)15-5-3-6-18-11-15/h3,5-7,10-11,13-14H,4,8-9,12H2,1-2H3. The van der Waals surface area contributed by atoms with E-state index >= 15 is 0 Å². The van der Waals surface area contributed by atoms with Gasteiger partial charge in [0.1, 0.15) is 0 Å². The summed E-state index contributed by atoms with van der Waals surface area (Å²) in [6, 6.07) is 3.45. The zero-order valence-corrected chi connectivity index (χ0v) is 14.0. The molecule has 0 saturated heterocycles. The molecule has 0 spiro atoms. The van der Waals surface area contributed by atoms with Gasteiger partial charge in [-0.05, 0) is 18.6 Å². The fourth-order valence-corrected chi connectivity index (χ4v) is 2.42. The van der Waals surface area contributed by atoms with Crippen LogP contribution in [0.5, 0.6) is 0 Å². The molecule has 0 bridgehead atoms. The number of carbonyl (C=O) groups is 2. The maximum Gasteiger partial charge on any atom is 0.310 e. The van der Waals surface area contributed by atoms with Crippen LogP contribution in [0.4, 0.5) is 0 Å². The molecule has 0 aliphatic heterocycles. The minimum atomic E-state index is -0.385. The summed E-state index contributed by atoms with van der Waals surface area (Å²) in [6.07, 6.45) is 9.26. The summed E-state index contributed by atoms with van der Waals surface area (Å²) in [5.74, 6) is -0.845. The lowest BCUT2D eigenvalue weighted by Gasteiger charge is -2.25. The first kappa shape index (κ1) is 17.7. The molecule has 2 aromatic rings.